The van der Waals surface area contributed by atoms with Crippen LogP contribution in [0, 0.1) is 15.9 Å². The first-order valence-corrected chi connectivity index (χ1v) is 13.1. The van der Waals surface area contributed by atoms with E-state index in [1.807, 2.05) is 0 Å². The van der Waals surface area contributed by atoms with Gasteiger partial charge in [-0.1, -0.05) is 48.5 Å². The van der Waals surface area contributed by atoms with Gasteiger partial charge in [-0.2, -0.15) is 4.98 Å². The zero-order valence-electron chi connectivity index (χ0n) is 20.2. The van der Waals surface area contributed by atoms with E-state index in [4.69, 9.17) is 4.74 Å². The van der Waals surface area contributed by atoms with Gasteiger partial charge in [-0.05, 0) is 49.8 Å². The van der Waals surface area contributed by atoms with E-state index in [9.17, 15) is 19.3 Å². The highest BCUT2D eigenvalue weighted by molar-refractivity contribution is 7.98. The molecule has 1 aromatic heterocycles. The lowest BCUT2D eigenvalue weighted by molar-refractivity contribution is -0.384. The molecule has 1 fully saturated rings. The van der Waals surface area contributed by atoms with Crippen LogP contribution >= 0.6 is 11.8 Å². The molecule has 3 aromatic rings. The number of fused-ring (bicyclic) bond motifs is 1. The third-order valence-electron chi connectivity index (χ3n) is 6.59. The number of non-ortho nitro benzene ring substituents is 1. The fourth-order valence-corrected chi connectivity index (χ4v) is 5.54. The second-order valence-electron chi connectivity index (χ2n) is 9.13. The largest absolute Gasteiger partial charge is 0.459 e. The van der Waals surface area contributed by atoms with Crippen molar-refractivity contribution in [1.82, 2.24) is 14.8 Å². The predicted molar refractivity (Wildman–Crippen MR) is 137 cm³/mol. The van der Waals surface area contributed by atoms with Gasteiger partial charge >= 0.3 is 5.97 Å². The fourth-order valence-electron chi connectivity index (χ4n) is 4.73. The van der Waals surface area contributed by atoms with Crippen molar-refractivity contribution in [2.24, 2.45) is 0 Å². The van der Waals surface area contributed by atoms with E-state index in [1.165, 1.54) is 30.0 Å². The number of thioether (sulfide) groups is 1. The highest BCUT2D eigenvalue weighted by Gasteiger charge is 2.37. The van der Waals surface area contributed by atoms with Crippen molar-refractivity contribution in [2.75, 3.05) is 5.32 Å². The van der Waals surface area contributed by atoms with Gasteiger partial charge in [-0.3, -0.25) is 10.1 Å². The van der Waals surface area contributed by atoms with Gasteiger partial charge in [0.2, 0.25) is 11.1 Å². The Morgan fingerprint density at radius 2 is 2.00 bits per heavy atom. The Labute approximate surface area is 217 Å². The minimum Gasteiger partial charge on any atom is -0.459 e. The summed E-state index contributed by atoms with van der Waals surface area (Å²) in [6.45, 7) is 1.76. The summed E-state index contributed by atoms with van der Waals surface area (Å²) >= 11 is 1.26. The molecule has 1 aliphatic heterocycles. The number of nitro groups is 1. The topological polar surface area (TPSA) is 112 Å². The number of aromatic nitrogens is 3. The van der Waals surface area contributed by atoms with Crippen LogP contribution in [0.5, 0.6) is 0 Å². The average Bonchev–Trinajstić information content (AvgIpc) is 3.30. The maximum atomic E-state index is 14.1. The molecule has 0 spiro atoms. The zero-order chi connectivity index (χ0) is 25.9. The lowest BCUT2D eigenvalue weighted by Gasteiger charge is -2.30. The Kier molecular flexibility index (Phi) is 7.22. The Hall–Kier alpha value is -3.73. The number of hydrogen-bond acceptors (Lipinski definition) is 8. The summed E-state index contributed by atoms with van der Waals surface area (Å²) in [5, 5.41) is 19.6. The summed E-state index contributed by atoms with van der Waals surface area (Å²) in [5.41, 5.74) is 1.82. The van der Waals surface area contributed by atoms with Crippen molar-refractivity contribution >= 4 is 29.4 Å². The number of ether oxygens (including phenoxy) is 1. The van der Waals surface area contributed by atoms with Crippen LogP contribution in [0.1, 0.15) is 56.2 Å². The number of hydrogen-bond donors (Lipinski definition) is 1. The number of rotatable bonds is 7. The number of carbonyl (C=O) groups excluding carboxylic acids is 1. The van der Waals surface area contributed by atoms with Crippen LogP contribution in [0.15, 0.2) is 65.0 Å². The molecule has 1 aliphatic carbocycles. The first-order valence-electron chi connectivity index (χ1n) is 12.2. The fraction of sp³-hybridized carbons (Fsp3) is 0.346. The van der Waals surface area contributed by atoms with Gasteiger partial charge < -0.3 is 10.1 Å². The van der Waals surface area contributed by atoms with Crippen molar-refractivity contribution < 1.29 is 18.8 Å². The summed E-state index contributed by atoms with van der Waals surface area (Å²) in [6, 6.07) is 11.9. The van der Waals surface area contributed by atoms with Crippen LogP contribution < -0.4 is 5.32 Å². The molecule has 1 saturated carbocycles. The Balaban J connectivity index is 1.49. The molecule has 9 nitrogen and oxygen atoms in total. The SMILES string of the molecule is CC1=C(C(=O)OC2CCCCC2)C(c2cccc([N+](=O)[O-])c2)n2nc(SCc3ccccc3F)nc2N1. The molecule has 192 valence electrons. The van der Waals surface area contributed by atoms with Crippen LogP contribution in [-0.2, 0) is 15.3 Å². The summed E-state index contributed by atoms with van der Waals surface area (Å²) in [4.78, 5) is 29.1. The highest BCUT2D eigenvalue weighted by Crippen LogP contribution is 2.38. The van der Waals surface area contributed by atoms with E-state index in [1.54, 1.807) is 41.9 Å². The number of nitro benzene ring substituents is 1. The van der Waals surface area contributed by atoms with Gasteiger partial charge in [0.1, 0.15) is 18.0 Å². The van der Waals surface area contributed by atoms with Crippen molar-refractivity contribution in [3.05, 3.63) is 86.9 Å². The molecule has 1 unspecified atom stereocenters. The molecule has 2 heterocycles. The molecule has 37 heavy (non-hydrogen) atoms. The first-order chi connectivity index (χ1) is 17.9. The van der Waals surface area contributed by atoms with Gasteiger partial charge in [0.05, 0.1) is 10.5 Å². The van der Waals surface area contributed by atoms with E-state index >= 15 is 0 Å². The van der Waals surface area contributed by atoms with Crippen LogP contribution in [0.4, 0.5) is 16.0 Å². The molecule has 5 rings (SSSR count). The van der Waals surface area contributed by atoms with E-state index in [0.29, 0.717) is 39.3 Å². The molecular formula is C26H26FN5O4S. The molecule has 1 atom stereocenters. The number of carbonyl (C=O) groups is 1. The van der Waals surface area contributed by atoms with Gasteiger partial charge in [0, 0.05) is 23.6 Å². The smallest absolute Gasteiger partial charge is 0.338 e. The van der Waals surface area contributed by atoms with Gasteiger partial charge in [0.15, 0.2) is 0 Å². The summed E-state index contributed by atoms with van der Waals surface area (Å²) in [5.74, 6) is -0.0770. The Bertz CT molecular complexity index is 1370. The normalized spacial score (nSPS) is 17.7. The van der Waals surface area contributed by atoms with Gasteiger partial charge in [-0.25, -0.2) is 13.9 Å². The average molecular weight is 524 g/mol. The number of nitrogens with zero attached hydrogens (tertiary/aromatic N) is 4. The lowest BCUT2D eigenvalue weighted by Crippen LogP contribution is -2.32. The van der Waals surface area contributed by atoms with E-state index < -0.39 is 16.9 Å². The molecular weight excluding hydrogens is 497 g/mol. The number of halogens is 1. The van der Waals surface area contributed by atoms with E-state index in [0.717, 1.165) is 32.1 Å². The third-order valence-corrected chi connectivity index (χ3v) is 7.48. The minimum absolute atomic E-state index is 0.0931. The number of esters is 1. The zero-order valence-corrected chi connectivity index (χ0v) is 21.0. The molecule has 0 bridgehead atoms. The number of anilines is 1. The van der Waals surface area contributed by atoms with Crippen LogP contribution in [0.2, 0.25) is 0 Å². The van der Waals surface area contributed by atoms with Gasteiger partial charge in [-0.15, -0.1) is 5.10 Å². The van der Waals surface area contributed by atoms with Crippen LogP contribution in [0.3, 0.4) is 0 Å². The van der Waals surface area contributed by atoms with E-state index in [-0.39, 0.29) is 17.6 Å². The molecule has 0 saturated heterocycles. The maximum absolute atomic E-state index is 14.1. The van der Waals surface area contributed by atoms with Crippen LogP contribution in [0.25, 0.3) is 0 Å². The molecule has 1 N–H and O–H groups in total. The Morgan fingerprint density at radius 3 is 2.76 bits per heavy atom. The maximum Gasteiger partial charge on any atom is 0.338 e. The molecule has 2 aliphatic rings. The standard InChI is InChI=1S/C26H26FN5O4S/c1-16-22(24(33)36-20-11-3-2-4-12-20)23(17-9-7-10-19(14-17)32(34)35)31-25(28-16)29-26(30-31)37-15-18-8-5-6-13-21(18)27/h5-10,13-14,20,23H,2-4,11-12,15H2,1H3,(H,28,29,30). The summed E-state index contributed by atoms with van der Waals surface area (Å²) in [7, 11) is 0. The predicted octanol–water partition coefficient (Wildman–Crippen LogP) is 5.78. The monoisotopic (exact) mass is 523 g/mol. The van der Waals surface area contributed by atoms with Gasteiger partial charge in [0.25, 0.3) is 5.69 Å². The second kappa shape index (κ2) is 10.7. The molecule has 0 amide bonds. The molecule has 0 radical (unpaired) electrons. The first kappa shape index (κ1) is 24.9. The molecule has 11 heteroatoms. The lowest BCUT2D eigenvalue weighted by atomic mass is 9.94. The van der Waals surface area contributed by atoms with Crippen LogP contribution in [-0.4, -0.2) is 31.8 Å². The summed E-state index contributed by atoms with van der Waals surface area (Å²) in [6.07, 6.45) is 4.63. The highest BCUT2D eigenvalue weighted by atomic mass is 32.2. The number of nitrogens with one attached hydrogen (secondary N) is 1. The van der Waals surface area contributed by atoms with E-state index in [2.05, 4.69) is 15.4 Å². The quantitative estimate of drug-likeness (QED) is 0.179. The number of allylic oxidation sites excluding steroid dienone is 1. The second-order valence-corrected chi connectivity index (χ2v) is 10.1. The number of benzene rings is 2. The summed E-state index contributed by atoms with van der Waals surface area (Å²) < 4.78 is 21.5. The third kappa shape index (κ3) is 5.36. The van der Waals surface area contributed by atoms with Crippen molar-refractivity contribution in [1.29, 1.82) is 0 Å². The van der Waals surface area contributed by atoms with Crippen molar-refractivity contribution in [2.45, 2.75) is 62.1 Å². The van der Waals surface area contributed by atoms with Crippen molar-refractivity contribution in [3.63, 3.8) is 0 Å². The van der Waals surface area contributed by atoms with Crippen molar-refractivity contribution in [3.8, 4) is 0 Å². The molecule has 2 aromatic carbocycles. The Morgan fingerprint density at radius 1 is 1.22 bits per heavy atom. The minimum atomic E-state index is -0.775.